The van der Waals surface area contributed by atoms with E-state index in [4.69, 9.17) is 26.9 Å². The lowest BCUT2D eigenvalue weighted by Gasteiger charge is -2.13. The Balaban J connectivity index is 1.79. The average molecular weight is 387 g/mol. The predicted octanol–water partition coefficient (Wildman–Crippen LogP) is 2.99. The van der Waals surface area contributed by atoms with Gasteiger partial charge in [0.1, 0.15) is 6.61 Å². The van der Waals surface area contributed by atoms with Gasteiger partial charge in [-0.25, -0.2) is 10.1 Å². The van der Waals surface area contributed by atoms with E-state index in [2.05, 4.69) is 20.7 Å². The number of nitrogens with two attached hydrogens (primary N) is 1. The molecule has 9 heteroatoms. The Morgan fingerprint density at radius 1 is 1.22 bits per heavy atom. The zero-order valence-corrected chi connectivity index (χ0v) is 15.6. The van der Waals surface area contributed by atoms with Gasteiger partial charge in [0.15, 0.2) is 17.3 Å². The van der Waals surface area contributed by atoms with Gasteiger partial charge in [-0.1, -0.05) is 35.9 Å². The first-order valence-corrected chi connectivity index (χ1v) is 8.47. The summed E-state index contributed by atoms with van der Waals surface area (Å²) in [6, 6.07) is 13.0. The number of anilines is 1. The number of para-hydroxylation sites is 1. The summed E-state index contributed by atoms with van der Waals surface area (Å²) < 4.78 is 12.7. The lowest BCUT2D eigenvalue weighted by Crippen LogP contribution is -2.13. The fraction of sp³-hybridized carbons (Fsp3) is 0.167. The van der Waals surface area contributed by atoms with Crippen molar-refractivity contribution in [1.29, 1.82) is 0 Å². The summed E-state index contributed by atoms with van der Waals surface area (Å²) in [4.78, 5) is 0. The number of rotatable bonds is 7. The highest BCUT2D eigenvalue weighted by Gasteiger charge is 2.11. The third-order valence-corrected chi connectivity index (χ3v) is 4.16. The Labute approximate surface area is 161 Å². The number of ether oxygens (including phenoxy) is 2. The van der Waals surface area contributed by atoms with Crippen molar-refractivity contribution >= 4 is 23.8 Å². The maximum atomic E-state index is 6.20. The number of aryl methyl sites for hydroxylation is 1. The summed E-state index contributed by atoms with van der Waals surface area (Å²) in [7, 11) is 1.58. The average Bonchev–Trinajstić information content (AvgIpc) is 3.00. The van der Waals surface area contributed by atoms with Crippen LogP contribution in [0.5, 0.6) is 11.5 Å². The molecule has 0 spiro atoms. The maximum absolute atomic E-state index is 6.20. The van der Waals surface area contributed by atoms with Crippen LogP contribution in [0, 0.1) is 6.92 Å². The van der Waals surface area contributed by atoms with E-state index in [1.54, 1.807) is 20.2 Å². The Morgan fingerprint density at radius 2 is 2.04 bits per heavy atom. The number of benzene rings is 2. The highest BCUT2D eigenvalue weighted by Crippen LogP contribution is 2.31. The highest BCUT2D eigenvalue weighted by molar-refractivity contribution is 6.31. The lowest BCUT2D eigenvalue weighted by atomic mass is 10.2. The number of aromatic nitrogens is 3. The molecule has 2 aromatic carbocycles. The van der Waals surface area contributed by atoms with Crippen molar-refractivity contribution in [3.8, 4) is 11.5 Å². The number of halogens is 1. The molecule has 3 rings (SSSR count). The largest absolute Gasteiger partial charge is 0.493 e. The standard InChI is InChI=1S/C18H19ClN6O2/c1-12-22-24-18(25(12)20)23-21-10-13-7-5-9-16(26-2)17(13)27-11-14-6-3-4-8-15(14)19/h3-10H,11,20H2,1-2H3,(H,23,24)/b21-10+. The van der Waals surface area contributed by atoms with Crippen molar-refractivity contribution in [3.63, 3.8) is 0 Å². The van der Waals surface area contributed by atoms with Gasteiger partial charge < -0.3 is 15.3 Å². The first-order valence-electron chi connectivity index (χ1n) is 8.09. The van der Waals surface area contributed by atoms with E-state index >= 15 is 0 Å². The summed E-state index contributed by atoms with van der Waals surface area (Å²) in [5, 5.41) is 12.5. The lowest BCUT2D eigenvalue weighted by molar-refractivity contribution is 0.284. The number of methoxy groups -OCH3 is 1. The van der Waals surface area contributed by atoms with Gasteiger partial charge in [0.2, 0.25) is 0 Å². The van der Waals surface area contributed by atoms with Crippen LogP contribution < -0.4 is 20.7 Å². The van der Waals surface area contributed by atoms with Gasteiger partial charge in [0.25, 0.3) is 5.95 Å². The van der Waals surface area contributed by atoms with Crippen molar-refractivity contribution < 1.29 is 9.47 Å². The van der Waals surface area contributed by atoms with Crippen LogP contribution >= 0.6 is 11.6 Å². The Kier molecular flexibility index (Phi) is 5.77. The smallest absolute Gasteiger partial charge is 0.263 e. The van der Waals surface area contributed by atoms with Crippen molar-refractivity contribution in [2.24, 2.45) is 5.10 Å². The first-order chi connectivity index (χ1) is 13.1. The van der Waals surface area contributed by atoms with E-state index in [9.17, 15) is 0 Å². The fourth-order valence-electron chi connectivity index (χ4n) is 2.32. The number of nitrogens with one attached hydrogen (secondary N) is 1. The van der Waals surface area contributed by atoms with Crippen molar-refractivity contribution in [1.82, 2.24) is 14.9 Å². The predicted molar refractivity (Wildman–Crippen MR) is 105 cm³/mol. The topological polar surface area (TPSA) is 99.6 Å². The molecule has 8 nitrogen and oxygen atoms in total. The number of nitrogen functional groups attached to an aromatic ring is 1. The second kappa shape index (κ2) is 8.41. The van der Waals surface area contributed by atoms with E-state index in [1.165, 1.54) is 4.68 Å². The quantitative estimate of drug-likeness (QED) is 0.368. The second-order valence-corrected chi connectivity index (χ2v) is 5.98. The molecular weight excluding hydrogens is 368 g/mol. The van der Waals surface area contributed by atoms with Crippen molar-refractivity contribution in [3.05, 3.63) is 64.4 Å². The monoisotopic (exact) mass is 386 g/mol. The third kappa shape index (κ3) is 4.29. The minimum Gasteiger partial charge on any atom is -0.493 e. The van der Waals surface area contributed by atoms with Gasteiger partial charge >= 0.3 is 0 Å². The van der Waals surface area contributed by atoms with Crippen LogP contribution in [0.2, 0.25) is 5.02 Å². The van der Waals surface area contributed by atoms with Crippen LogP contribution in [0.15, 0.2) is 47.6 Å². The van der Waals surface area contributed by atoms with Crippen molar-refractivity contribution in [2.75, 3.05) is 18.4 Å². The Hall–Kier alpha value is -3.26. The zero-order valence-electron chi connectivity index (χ0n) is 14.9. The van der Waals surface area contributed by atoms with Gasteiger partial charge in [-0.15, -0.1) is 10.2 Å². The maximum Gasteiger partial charge on any atom is 0.263 e. The highest BCUT2D eigenvalue weighted by atomic mass is 35.5. The number of hydrogen-bond acceptors (Lipinski definition) is 7. The summed E-state index contributed by atoms with van der Waals surface area (Å²) in [5.74, 6) is 7.81. The summed E-state index contributed by atoms with van der Waals surface area (Å²) in [6.07, 6.45) is 1.59. The zero-order chi connectivity index (χ0) is 19.2. The van der Waals surface area contributed by atoms with Gasteiger partial charge in [-0.2, -0.15) is 5.10 Å². The molecule has 0 atom stereocenters. The summed E-state index contributed by atoms with van der Waals surface area (Å²) in [5.41, 5.74) is 4.34. The number of hydrazone groups is 1. The molecule has 1 heterocycles. The fourth-order valence-corrected chi connectivity index (χ4v) is 2.51. The molecule has 0 aliphatic heterocycles. The molecule has 0 bridgehead atoms. The molecule has 0 aliphatic rings. The Morgan fingerprint density at radius 3 is 2.74 bits per heavy atom. The molecule has 0 amide bonds. The van der Waals surface area contributed by atoms with E-state index in [-0.39, 0.29) is 0 Å². The molecule has 140 valence electrons. The van der Waals surface area contributed by atoms with Crippen LogP contribution in [0.3, 0.4) is 0 Å². The molecule has 3 N–H and O–H groups in total. The third-order valence-electron chi connectivity index (χ3n) is 3.79. The minimum atomic E-state index is 0.296. The van der Waals surface area contributed by atoms with E-state index in [1.807, 2.05) is 42.5 Å². The second-order valence-electron chi connectivity index (χ2n) is 5.57. The molecule has 27 heavy (non-hydrogen) atoms. The molecule has 0 saturated carbocycles. The minimum absolute atomic E-state index is 0.296. The number of hydrogen-bond donors (Lipinski definition) is 2. The van der Waals surface area contributed by atoms with Crippen LogP contribution in [-0.4, -0.2) is 28.2 Å². The Bertz CT molecular complexity index is 957. The molecule has 0 saturated heterocycles. The van der Waals surface area contributed by atoms with Crippen molar-refractivity contribution in [2.45, 2.75) is 13.5 Å². The molecule has 0 fully saturated rings. The van der Waals surface area contributed by atoms with Crippen LogP contribution in [0.4, 0.5) is 5.95 Å². The molecule has 0 aliphatic carbocycles. The van der Waals surface area contributed by atoms with E-state index in [0.717, 1.165) is 5.56 Å². The molecular formula is C18H19ClN6O2. The number of nitrogens with zero attached hydrogens (tertiary/aromatic N) is 4. The van der Waals surface area contributed by atoms with Gasteiger partial charge in [0, 0.05) is 16.1 Å². The summed E-state index contributed by atoms with van der Waals surface area (Å²) in [6.45, 7) is 2.04. The van der Waals surface area contributed by atoms with E-state index in [0.29, 0.717) is 40.5 Å². The van der Waals surface area contributed by atoms with E-state index < -0.39 is 0 Å². The van der Waals surface area contributed by atoms with Gasteiger partial charge in [-0.3, -0.25) is 0 Å². The summed E-state index contributed by atoms with van der Waals surface area (Å²) >= 11 is 6.20. The van der Waals surface area contributed by atoms with Gasteiger partial charge in [-0.05, 0) is 25.1 Å². The molecule has 3 aromatic rings. The van der Waals surface area contributed by atoms with Crippen LogP contribution in [0.1, 0.15) is 17.0 Å². The molecule has 0 radical (unpaired) electrons. The van der Waals surface area contributed by atoms with Gasteiger partial charge in [0.05, 0.1) is 13.3 Å². The normalized spacial score (nSPS) is 10.9. The molecule has 1 aromatic heterocycles. The first kappa shape index (κ1) is 18.5. The SMILES string of the molecule is COc1cccc(/C=N/Nc2nnc(C)n2N)c1OCc1ccccc1Cl. The van der Waals surface area contributed by atoms with Crippen LogP contribution in [-0.2, 0) is 6.61 Å². The molecule has 0 unspecified atom stereocenters. The van der Waals surface area contributed by atoms with Crippen LogP contribution in [0.25, 0.3) is 0 Å².